The minimum atomic E-state index is -0.543. The molecule has 1 atom stereocenters. The second kappa shape index (κ2) is 11.3. The predicted octanol–water partition coefficient (Wildman–Crippen LogP) is 14.5. The lowest BCUT2D eigenvalue weighted by molar-refractivity contribution is 0.669. The number of hydrogen-bond acceptors (Lipinski definition) is 1. The number of aromatic nitrogens is 1. The van der Waals surface area contributed by atoms with Gasteiger partial charge in [-0.2, -0.15) is 0 Å². The molecular weight excluding hydrogens is 691 g/mol. The van der Waals surface area contributed by atoms with E-state index in [0.29, 0.717) is 0 Å². The minimum absolute atomic E-state index is 0.543. The van der Waals surface area contributed by atoms with E-state index >= 15 is 0 Å². The molecule has 0 saturated heterocycles. The van der Waals surface area contributed by atoms with E-state index in [4.69, 9.17) is 4.42 Å². The molecule has 1 spiro atoms. The van der Waals surface area contributed by atoms with Crippen LogP contribution in [0.15, 0.2) is 205 Å². The highest BCUT2D eigenvalue weighted by molar-refractivity contribution is 6.20. The molecule has 264 valence electrons. The van der Waals surface area contributed by atoms with Gasteiger partial charge in [-0.15, -0.1) is 0 Å². The van der Waals surface area contributed by atoms with Crippen molar-refractivity contribution >= 4 is 65.3 Å². The monoisotopic (exact) mass is 723 g/mol. The molecule has 0 aliphatic heterocycles. The topological polar surface area (TPSA) is 18.1 Å². The molecule has 57 heavy (non-hydrogen) atoms. The minimum Gasteiger partial charge on any atom is -0.455 e. The van der Waals surface area contributed by atoms with Gasteiger partial charge < -0.3 is 8.98 Å². The van der Waals surface area contributed by atoms with Gasteiger partial charge in [-0.25, -0.2) is 0 Å². The van der Waals surface area contributed by atoms with Crippen LogP contribution in [-0.4, -0.2) is 4.57 Å². The zero-order chi connectivity index (χ0) is 37.2. The first-order valence-electron chi connectivity index (χ1n) is 19.8. The molecule has 2 aliphatic carbocycles. The maximum absolute atomic E-state index is 6.81. The first-order valence-corrected chi connectivity index (χ1v) is 19.8. The Bertz CT molecular complexity index is 3500. The quantitative estimate of drug-likeness (QED) is 0.165. The zero-order valence-electron chi connectivity index (χ0n) is 30.9. The van der Waals surface area contributed by atoms with E-state index in [1.54, 1.807) is 0 Å². The zero-order valence-corrected chi connectivity index (χ0v) is 30.9. The number of fused-ring (bicyclic) bond motifs is 21. The molecule has 0 saturated carbocycles. The fraction of sp³-hybridized carbons (Fsp3) is 0.0182. The van der Waals surface area contributed by atoms with Crippen LogP contribution < -0.4 is 0 Å². The highest BCUT2D eigenvalue weighted by atomic mass is 16.3. The largest absolute Gasteiger partial charge is 0.455 e. The SMILES string of the molecule is c1ccc2c(c1)-c1c(-n3c4ccccc4c4ccccc4c4ccccc4c4ccccc43)cccc1C21c2ccccc2-c2c1ccc1c2oc2ccccc21. The van der Waals surface area contributed by atoms with Crippen LogP contribution >= 0.6 is 0 Å². The van der Waals surface area contributed by atoms with Crippen molar-refractivity contribution in [3.8, 4) is 27.9 Å². The Hall–Kier alpha value is -7.42. The molecule has 2 aliphatic rings. The fourth-order valence-corrected chi connectivity index (χ4v) is 10.7. The van der Waals surface area contributed by atoms with Gasteiger partial charge in [0.15, 0.2) is 0 Å². The first kappa shape index (κ1) is 30.9. The highest BCUT2D eigenvalue weighted by Crippen LogP contribution is 2.65. The van der Waals surface area contributed by atoms with E-state index in [9.17, 15) is 0 Å². The molecular formula is C55H33NO. The number of hydrogen-bond donors (Lipinski definition) is 0. The number of benzene rings is 9. The van der Waals surface area contributed by atoms with Crippen molar-refractivity contribution in [3.05, 3.63) is 222 Å². The lowest BCUT2D eigenvalue weighted by Crippen LogP contribution is -2.25. The third kappa shape index (κ3) is 3.89. The van der Waals surface area contributed by atoms with Crippen LogP contribution in [-0.2, 0) is 5.41 Å². The fourth-order valence-electron chi connectivity index (χ4n) is 10.7. The Kier molecular flexibility index (Phi) is 6.13. The summed E-state index contributed by atoms with van der Waals surface area (Å²) in [4.78, 5) is 0. The van der Waals surface area contributed by atoms with Crippen LogP contribution in [0.2, 0.25) is 0 Å². The average molecular weight is 724 g/mol. The number of rotatable bonds is 1. The summed E-state index contributed by atoms with van der Waals surface area (Å²) < 4.78 is 9.36. The van der Waals surface area contributed by atoms with Crippen molar-refractivity contribution in [1.29, 1.82) is 0 Å². The molecule has 0 fully saturated rings. The van der Waals surface area contributed by atoms with Crippen molar-refractivity contribution in [3.63, 3.8) is 0 Å². The van der Waals surface area contributed by atoms with Gasteiger partial charge in [-0.3, -0.25) is 0 Å². The Labute approximate surface area is 328 Å². The molecule has 2 aromatic heterocycles. The van der Waals surface area contributed by atoms with E-state index < -0.39 is 5.41 Å². The smallest absolute Gasteiger partial charge is 0.143 e. The van der Waals surface area contributed by atoms with Gasteiger partial charge in [0.1, 0.15) is 11.2 Å². The lowest BCUT2D eigenvalue weighted by atomic mass is 9.70. The first-order chi connectivity index (χ1) is 28.3. The Morgan fingerprint density at radius 1 is 0.316 bits per heavy atom. The summed E-state index contributed by atoms with van der Waals surface area (Å²) in [5.41, 5.74) is 14.9. The van der Waals surface area contributed by atoms with Crippen molar-refractivity contribution in [1.82, 2.24) is 4.57 Å². The van der Waals surface area contributed by atoms with E-state index in [2.05, 4.69) is 205 Å². The molecule has 2 nitrogen and oxygen atoms in total. The van der Waals surface area contributed by atoms with E-state index in [0.717, 1.165) is 38.7 Å². The van der Waals surface area contributed by atoms with Gasteiger partial charge in [-0.05, 0) is 79.2 Å². The summed E-state index contributed by atoms with van der Waals surface area (Å²) in [5.74, 6) is 0. The van der Waals surface area contributed by atoms with Crippen LogP contribution in [0.5, 0.6) is 0 Å². The number of nitrogens with zero attached hydrogens (tertiary/aromatic N) is 1. The number of furan rings is 1. The Morgan fingerprint density at radius 2 is 0.772 bits per heavy atom. The van der Waals surface area contributed by atoms with E-state index in [1.165, 1.54) is 76.8 Å². The molecule has 0 bridgehead atoms. The number of para-hydroxylation sites is 3. The summed E-state index contributed by atoms with van der Waals surface area (Å²) in [5, 5.41) is 9.60. The highest BCUT2D eigenvalue weighted by Gasteiger charge is 2.53. The van der Waals surface area contributed by atoms with E-state index in [-0.39, 0.29) is 0 Å². The van der Waals surface area contributed by atoms with Gasteiger partial charge in [0.25, 0.3) is 0 Å². The maximum atomic E-state index is 6.81. The molecule has 1 unspecified atom stereocenters. The van der Waals surface area contributed by atoms with Gasteiger partial charge in [-0.1, -0.05) is 176 Å². The normalized spacial score (nSPS) is 15.1. The van der Waals surface area contributed by atoms with Gasteiger partial charge >= 0.3 is 0 Å². The molecule has 0 N–H and O–H groups in total. The third-order valence-electron chi connectivity index (χ3n) is 12.9. The average Bonchev–Trinajstić information content (AvgIpc) is 3.92. The van der Waals surface area contributed by atoms with Gasteiger partial charge in [0, 0.05) is 32.7 Å². The van der Waals surface area contributed by atoms with Gasteiger partial charge in [0.2, 0.25) is 0 Å². The van der Waals surface area contributed by atoms with Crippen LogP contribution in [0, 0.1) is 0 Å². The summed E-state index contributed by atoms with van der Waals surface area (Å²) >= 11 is 0. The predicted molar refractivity (Wildman–Crippen MR) is 237 cm³/mol. The third-order valence-corrected chi connectivity index (χ3v) is 12.9. The maximum Gasteiger partial charge on any atom is 0.143 e. The molecule has 0 radical (unpaired) electrons. The van der Waals surface area contributed by atoms with E-state index in [1.807, 2.05) is 0 Å². The summed E-state index contributed by atoms with van der Waals surface area (Å²) in [7, 11) is 0. The van der Waals surface area contributed by atoms with Gasteiger partial charge in [0.05, 0.1) is 22.1 Å². The van der Waals surface area contributed by atoms with Crippen molar-refractivity contribution < 1.29 is 4.42 Å². The standard InChI is InChI=1S/C55H33NO/c1-3-18-36-34(16-1)35-17-2-4-19-37(35)39-21-8-13-29-49(39)56(48-28-12-7-20-38(36)48)50-30-15-27-46-52(50)42-23-5-10-25-44(42)55(46)45-26-11-6-24-43(45)53-47(55)33-32-41-40-22-9-14-31-51(40)57-54(41)53/h1-33H. The lowest BCUT2D eigenvalue weighted by Gasteiger charge is -2.30. The Morgan fingerprint density at radius 3 is 1.40 bits per heavy atom. The Balaban J connectivity index is 1.24. The van der Waals surface area contributed by atoms with Crippen molar-refractivity contribution in [2.75, 3.05) is 0 Å². The molecule has 13 rings (SSSR count). The van der Waals surface area contributed by atoms with Crippen LogP contribution in [0.1, 0.15) is 22.3 Å². The summed E-state index contributed by atoms with van der Waals surface area (Å²) in [6.07, 6.45) is 0. The van der Waals surface area contributed by atoms with Crippen LogP contribution in [0.25, 0.3) is 93.2 Å². The van der Waals surface area contributed by atoms with Crippen molar-refractivity contribution in [2.45, 2.75) is 5.41 Å². The van der Waals surface area contributed by atoms with Crippen molar-refractivity contribution in [2.24, 2.45) is 0 Å². The second-order valence-corrected chi connectivity index (χ2v) is 15.5. The molecule has 2 heteroatoms. The second-order valence-electron chi connectivity index (χ2n) is 15.5. The van der Waals surface area contributed by atoms with Crippen LogP contribution in [0.4, 0.5) is 0 Å². The molecule has 0 amide bonds. The molecule has 11 aromatic rings. The van der Waals surface area contributed by atoms with Crippen LogP contribution in [0.3, 0.4) is 0 Å². The summed E-state index contributed by atoms with van der Waals surface area (Å²) in [6.45, 7) is 0. The summed E-state index contributed by atoms with van der Waals surface area (Å²) in [6, 6.07) is 73.9. The molecule has 9 aromatic carbocycles. The molecule has 2 heterocycles.